The van der Waals surface area contributed by atoms with Crippen LogP contribution in [0.2, 0.25) is 0 Å². The summed E-state index contributed by atoms with van der Waals surface area (Å²) < 4.78 is 42.5. The van der Waals surface area contributed by atoms with Crippen molar-refractivity contribution in [1.82, 2.24) is 4.90 Å². The fourth-order valence-electron chi connectivity index (χ4n) is 1.86. The number of halogens is 3. The minimum atomic E-state index is -4.33. The van der Waals surface area contributed by atoms with E-state index >= 15 is 0 Å². The monoisotopic (exact) mass is 259 g/mol. The van der Waals surface area contributed by atoms with Crippen LogP contribution in [0.15, 0.2) is 24.3 Å². The van der Waals surface area contributed by atoms with Crippen LogP contribution in [0, 0.1) is 0 Å². The van der Waals surface area contributed by atoms with Crippen molar-refractivity contribution in [3.8, 4) is 5.75 Å². The van der Waals surface area contributed by atoms with E-state index in [4.69, 9.17) is 4.74 Å². The topological polar surface area (TPSA) is 29.5 Å². The van der Waals surface area contributed by atoms with Crippen LogP contribution in [-0.2, 0) is 11.0 Å². The number of nitrogens with zero attached hydrogens (tertiary/aromatic N) is 1. The Hall–Kier alpha value is -1.72. The number of carbonyl (C=O) groups is 1. The maximum absolute atomic E-state index is 12.3. The molecule has 98 valence electrons. The van der Waals surface area contributed by atoms with Crippen LogP contribution in [0.5, 0.6) is 5.75 Å². The second-order valence-electron chi connectivity index (χ2n) is 4.15. The summed E-state index contributed by atoms with van der Waals surface area (Å²) in [5, 5.41) is 0. The van der Waals surface area contributed by atoms with Gasteiger partial charge < -0.3 is 9.64 Å². The normalized spacial score (nSPS) is 19.9. The van der Waals surface area contributed by atoms with Crippen LogP contribution in [0.25, 0.3) is 0 Å². The molecule has 0 radical (unpaired) electrons. The molecule has 1 amide bonds. The van der Waals surface area contributed by atoms with Crippen molar-refractivity contribution in [2.45, 2.75) is 18.7 Å². The van der Waals surface area contributed by atoms with Crippen molar-refractivity contribution in [3.63, 3.8) is 0 Å². The molecule has 1 aliphatic rings. The first kappa shape index (κ1) is 12.7. The van der Waals surface area contributed by atoms with Crippen LogP contribution in [0.1, 0.15) is 12.0 Å². The van der Waals surface area contributed by atoms with Gasteiger partial charge in [-0.15, -0.1) is 0 Å². The molecule has 3 nitrogen and oxygen atoms in total. The zero-order valence-corrected chi connectivity index (χ0v) is 9.48. The highest BCUT2D eigenvalue weighted by Gasteiger charge is 2.30. The van der Waals surface area contributed by atoms with Crippen LogP contribution in [0.4, 0.5) is 13.2 Å². The van der Waals surface area contributed by atoms with Gasteiger partial charge in [0.05, 0.1) is 12.1 Å². The van der Waals surface area contributed by atoms with E-state index in [-0.39, 0.29) is 6.10 Å². The first-order chi connectivity index (χ1) is 8.49. The fourth-order valence-corrected chi connectivity index (χ4v) is 1.86. The Morgan fingerprint density at radius 3 is 2.44 bits per heavy atom. The van der Waals surface area contributed by atoms with Crippen molar-refractivity contribution in [2.24, 2.45) is 0 Å². The summed E-state index contributed by atoms with van der Waals surface area (Å²) >= 11 is 0. The van der Waals surface area contributed by atoms with Crippen LogP contribution >= 0.6 is 0 Å². The second-order valence-corrected chi connectivity index (χ2v) is 4.15. The lowest BCUT2D eigenvalue weighted by Crippen LogP contribution is -2.23. The fraction of sp³-hybridized carbons (Fsp3) is 0.417. The van der Waals surface area contributed by atoms with Crippen molar-refractivity contribution in [1.29, 1.82) is 0 Å². The van der Waals surface area contributed by atoms with Gasteiger partial charge in [0.2, 0.25) is 6.41 Å². The zero-order chi connectivity index (χ0) is 13.2. The van der Waals surface area contributed by atoms with E-state index in [9.17, 15) is 18.0 Å². The zero-order valence-electron chi connectivity index (χ0n) is 9.48. The van der Waals surface area contributed by atoms with Crippen LogP contribution in [-0.4, -0.2) is 30.5 Å². The molecule has 0 aromatic heterocycles. The first-order valence-electron chi connectivity index (χ1n) is 5.52. The van der Waals surface area contributed by atoms with E-state index in [2.05, 4.69) is 0 Å². The highest BCUT2D eigenvalue weighted by molar-refractivity contribution is 5.47. The number of hydrogen-bond donors (Lipinski definition) is 0. The van der Waals surface area contributed by atoms with Crippen molar-refractivity contribution in [3.05, 3.63) is 29.8 Å². The van der Waals surface area contributed by atoms with Crippen molar-refractivity contribution in [2.75, 3.05) is 13.1 Å². The molecule has 2 rings (SSSR count). The van der Waals surface area contributed by atoms with Gasteiger partial charge in [0, 0.05) is 13.0 Å². The summed E-state index contributed by atoms with van der Waals surface area (Å²) in [6, 6.07) is 4.57. The predicted octanol–water partition coefficient (Wildman–Crippen LogP) is 2.31. The average molecular weight is 259 g/mol. The minimum absolute atomic E-state index is 0.146. The maximum Gasteiger partial charge on any atom is 0.416 e. The van der Waals surface area contributed by atoms with Crippen molar-refractivity contribution >= 4 is 6.41 Å². The molecule has 0 bridgehead atoms. The Morgan fingerprint density at radius 1 is 1.28 bits per heavy atom. The smallest absolute Gasteiger partial charge is 0.416 e. The molecule has 0 unspecified atom stereocenters. The largest absolute Gasteiger partial charge is 0.489 e. The molecule has 1 heterocycles. The van der Waals surface area contributed by atoms with E-state index in [1.54, 1.807) is 4.90 Å². The number of likely N-dealkylation sites (tertiary alicyclic amines) is 1. The van der Waals surface area contributed by atoms with Gasteiger partial charge >= 0.3 is 6.18 Å². The van der Waals surface area contributed by atoms with E-state index in [0.29, 0.717) is 25.3 Å². The lowest BCUT2D eigenvalue weighted by Gasteiger charge is -2.14. The highest BCUT2D eigenvalue weighted by atomic mass is 19.4. The molecular weight excluding hydrogens is 247 g/mol. The Bertz CT molecular complexity index is 416. The number of ether oxygens (including phenoxy) is 1. The molecule has 0 spiro atoms. The minimum Gasteiger partial charge on any atom is -0.489 e. The highest BCUT2D eigenvalue weighted by Crippen LogP contribution is 2.30. The van der Waals surface area contributed by atoms with Gasteiger partial charge in [-0.2, -0.15) is 13.2 Å². The summed E-state index contributed by atoms with van der Waals surface area (Å²) in [5.74, 6) is 0.390. The SMILES string of the molecule is O=CN1CC[C@@H](Oc2ccc(C(F)(F)F)cc2)C1. The number of carbonyl (C=O) groups excluding carboxylic acids is 1. The van der Waals surface area contributed by atoms with E-state index in [0.717, 1.165) is 18.5 Å². The maximum atomic E-state index is 12.3. The summed E-state index contributed by atoms with van der Waals surface area (Å²) in [6.07, 6.45) is -3.04. The molecule has 1 atom stereocenters. The van der Waals surface area contributed by atoms with Gasteiger partial charge in [-0.05, 0) is 24.3 Å². The third-order valence-electron chi connectivity index (χ3n) is 2.81. The average Bonchev–Trinajstić information content (AvgIpc) is 2.76. The lowest BCUT2D eigenvalue weighted by molar-refractivity contribution is -0.137. The molecular formula is C12H12F3NO2. The Morgan fingerprint density at radius 2 is 1.94 bits per heavy atom. The Kier molecular flexibility index (Phi) is 3.45. The second kappa shape index (κ2) is 4.88. The summed E-state index contributed by atoms with van der Waals surface area (Å²) in [7, 11) is 0. The number of rotatable bonds is 3. The number of benzene rings is 1. The molecule has 1 saturated heterocycles. The standard InChI is InChI=1S/C12H12F3NO2/c13-12(14,15)9-1-3-10(4-2-9)18-11-5-6-16(7-11)8-17/h1-4,8,11H,5-7H2/t11-/m1/s1. The van der Waals surface area contributed by atoms with Gasteiger partial charge in [-0.3, -0.25) is 4.79 Å². The van der Waals surface area contributed by atoms with E-state index in [1.807, 2.05) is 0 Å². The lowest BCUT2D eigenvalue weighted by atomic mass is 10.2. The quantitative estimate of drug-likeness (QED) is 0.780. The number of alkyl halides is 3. The molecule has 0 N–H and O–H groups in total. The molecule has 0 aliphatic carbocycles. The van der Waals surface area contributed by atoms with Gasteiger partial charge in [-0.1, -0.05) is 0 Å². The Balaban J connectivity index is 1.97. The number of amides is 1. The molecule has 1 fully saturated rings. The van der Waals surface area contributed by atoms with Crippen LogP contribution in [0.3, 0.4) is 0 Å². The predicted molar refractivity (Wildman–Crippen MR) is 58.1 cm³/mol. The van der Waals surface area contributed by atoms with Crippen molar-refractivity contribution < 1.29 is 22.7 Å². The van der Waals surface area contributed by atoms with E-state index in [1.165, 1.54) is 12.1 Å². The number of hydrogen-bond acceptors (Lipinski definition) is 2. The third-order valence-corrected chi connectivity index (χ3v) is 2.81. The summed E-state index contributed by atoms with van der Waals surface area (Å²) in [6.45, 7) is 1.10. The molecule has 1 aromatic rings. The molecule has 0 saturated carbocycles. The first-order valence-corrected chi connectivity index (χ1v) is 5.52. The van der Waals surface area contributed by atoms with Crippen LogP contribution < -0.4 is 4.74 Å². The molecule has 1 aliphatic heterocycles. The third kappa shape index (κ3) is 2.94. The van der Waals surface area contributed by atoms with Gasteiger partial charge in [-0.25, -0.2) is 0 Å². The van der Waals surface area contributed by atoms with Gasteiger partial charge in [0.25, 0.3) is 0 Å². The van der Waals surface area contributed by atoms with E-state index < -0.39 is 11.7 Å². The molecule has 1 aromatic carbocycles. The van der Waals surface area contributed by atoms with Gasteiger partial charge in [0.15, 0.2) is 0 Å². The Labute approximate surface area is 102 Å². The molecule has 6 heteroatoms. The summed E-state index contributed by atoms with van der Waals surface area (Å²) in [4.78, 5) is 12.1. The summed E-state index contributed by atoms with van der Waals surface area (Å²) in [5.41, 5.74) is -0.698. The van der Waals surface area contributed by atoms with Gasteiger partial charge in [0.1, 0.15) is 11.9 Å². The molecule has 18 heavy (non-hydrogen) atoms.